The van der Waals surface area contributed by atoms with Gasteiger partial charge in [0.15, 0.2) is 0 Å². The SMILES string of the molecule is Cc1cc(N)c(OCCCS(=O)(=O)O)cc1N=Nc1ccc(NC2C=CC(S(=O)(=O)O)C=C2)cc1S(=O)(=O)O. The first-order valence-corrected chi connectivity index (χ1v) is 15.7. The molecule has 2 aromatic rings. The quantitative estimate of drug-likeness (QED) is 0.0820. The lowest BCUT2D eigenvalue weighted by Crippen LogP contribution is -2.23. The highest BCUT2D eigenvalue weighted by molar-refractivity contribution is 7.87. The Morgan fingerprint density at radius 2 is 1.56 bits per heavy atom. The summed E-state index contributed by atoms with van der Waals surface area (Å²) in [5, 5.41) is 9.76. The molecule has 0 fully saturated rings. The van der Waals surface area contributed by atoms with Crippen LogP contribution in [0.4, 0.5) is 22.7 Å². The molecule has 2 aromatic carbocycles. The van der Waals surface area contributed by atoms with Gasteiger partial charge >= 0.3 is 0 Å². The molecule has 0 saturated heterocycles. The van der Waals surface area contributed by atoms with Crippen LogP contribution < -0.4 is 15.8 Å². The summed E-state index contributed by atoms with van der Waals surface area (Å²) in [4.78, 5) is -0.550. The van der Waals surface area contributed by atoms with E-state index in [2.05, 4.69) is 15.5 Å². The smallest absolute Gasteiger partial charge is 0.296 e. The number of hydrogen-bond donors (Lipinski definition) is 5. The van der Waals surface area contributed by atoms with E-state index in [0.717, 1.165) is 6.07 Å². The fourth-order valence-corrected chi connectivity index (χ4v) is 5.14. The topological polar surface area (TPSA) is 235 Å². The number of anilines is 2. The largest absolute Gasteiger partial charge is 0.491 e. The van der Waals surface area contributed by atoms with Crippen molar-refractivity contribution in [2.45, 2.75) is 29.5 Å². The van der Waals surface area contributed by atoms with Gasteiger partial charge in [0, 0.05) is 11.8 Å². The number of benzene rings is 2. The summed E-state index contributed by atoms with van der Waals surface area (Å²) in [6, 6.07) is 6.32. The highest BCUT2D eigenvalue weighted by atomic mass is 32.2. The molecule has 0 saturated carbocycles. The van der Waals surface area contributed by atoms with E-state index in [0.29, 0.717) is 5.56 Å². The lowest BCUT2D eigenvalue weighted by atomic mass is 10.1. The zero-order valence-corrected chi connectivity index (χ0v) is 22.8. The van der Waals surface area contributed by atoms with Crippen LogP contribution in [-0.2, 0) is 30.4 Å². The fourth-order valence-electron chi connectivity index (χ4n) is 3.43. The molecule has 0 bridgehead atoms. The number of azo groups is 1. The Morgan fingerprint density at radius 1 is 0.923 bits per heavy atom. The summed E-state index contributed by atoms with van der Waals surface area (Å²) in [5.74, 6) is -0.322. The molecule has 0 aromatic heterocycles. The Hall–Kier alpha value is -3.35. The molecule has 212 valence electrons. The third-order valence-electron chi connectivity index (χ3n) is 5.33. The molecule has 0 heterocycles. The molecule has 14 nitrogen and oxygen atoms in total. The minimum absolute atomic E-state index is 0.00859. The zero-order valence-electron chi connectivity index (χ0n) is 20.4. The molecule has 17 heteroatoms. The van der Waals surface area contributed by atoms with Crippen molar-refractivity contribution < 1.29 is 43.6 Å². The second-order valence-corrected chi connectivity index (χ2v) is 13.0. The first-order valence-electron chi connectivity index (χ1n) is 11.1. The number of hydrogen-bond acceptors (Lipinski definition) is 11. The van der Waals surface area contributed by atoms with E-state index >= 15 is 0 Å². The van der Waals surface area contributed by atoms with Gasteiger partial charge in [-0.15, -0.1) is 5.11 Å². The van der Waals surface area contributed by atoms with Crippen molar-refractivity contribution in [1.82, 2.24) is 0 Å². The van der Waals surface area contributed by atoms with Gasteiger partial charge < -0.3 is 15.8 Å². The van der Waals surface area contributed by atoms with Gasteiger partial charge in [0.2, 0.25) is 0 Å². The maximum Gasteiger partial charge on any atom is 0.296 e. The van der Waals surface area contributed by atoms with Gasteiger partial charge in [-0.3, -0.25) is 13.7 Å². The minimum Gasteiger partial charge on any atom is -0.491 e. The molecule has 0 unspecified atom stereocenters. The molecule has 1 aliphatic rings. The van der Waals surface area contributed by atoms with E-state index in [-0.39, 0.29) is 41.5 Å². The lowest BCUT2D eigenvalue weighted by Gasteiger charge is -2.18. The summed E-state index contributed by atoms with van der Waals surface area (Å²) >= 11 is 0. The van der Waals surface area contributed by atoms with Crippen molar-refractivity contribution in [3.8, 4) is 5.75 Å². The van der Waals surface area contributed by atoms with Crippen LogP contribution in [0.1, 0.15) is 12.0 Å². The first-order chi connectivity index (χ1) is 18.0. The number of rotatable bonds is 11. The first kappa shape index (κ1) is 30.2. The van der Waals surface area contributed by atoms with Crippen LogP contribution in [0.3, 0.4) is 0 Å². The average Bonchev–Trinajstić information content (AvgIpc) is 2.81. The molecule has 0 radical (unpaired) electrons. The van der Waals surface area contributed by atoms with Crippen LogP contribution in [0.2, 0.25) is 0 Å². The van der Waals surface area contributed by atoms with Gasteiger partial charge in [0.05, 0.1) is 29.8 Å². The Labute approximate surface area is 225 Å². The third-order valence-corrected chi connectivity index (χ3v) is 8.02. The second kappa shape index (κ2) is 11.8. The van der Waals surface area contributed by atoms with Gasteiger partial charge in [-0.05, 0) is 43.2 Å². The average molecular weight is 603 g/mol. The summed E-state index contributed by atoms with van der Waals surface area (Å²) in [7, 11) is -13.2. The molecule has 0 amide bonds. The number of aryl methyl sites for hydroxylation is 1. The Balaban J connectivity index is 1.81. The van der Waals surface area contributed by atoms with Crippen molar-refractivity contribution in [3.05, 3.63) is 60.2 Å². The van der Waals surface area contributed by atoms with Crippen LogP contribution in [0, 0.1) is 6.92 Å². The number of nitrogens with zero attached hydrogens (tertiary/aromatic N) is 2. The number of nitrogens with one attached hydrogen (secondary N) is 1. The maximum absolute atomic E-state index is 12.1. The highest BCUT2D eigenvalue weighted by Crippen LogP contribution is 2.34. The van der Waals surface area contributed by atoms with Crippen molar-refractivity contribution in [3.63, 3.8) is 0 Å². The molecule has 1 aliphatic carbocycles. The van der Waals surface area contributed by atoms with E-state index in [1.807, 2.05) is 0 Å². The predicted molar refractivity (Wildman–Crippen MR) is 144 cm³/mol. The summed E-state index contributed by atoms with van der Waals surface area (Å²) in [6.45, 7) is 1.61. The molecule has 0 atom stereocenters. The summed E-state index contributed by atoms with van der Waals surface area (Å²) < 4.78 is 101. The van der Waals surface area contributed by atoms with Crippen molar-refractivity contribution in [1.29, 1.82) is 0 Å². The summed E-state index contributed by atoms with van der Waals surface area (Å²) in [6.07, 6.45) is 5.47. The van der Waals surface area contributed by atoms with Gasteiger partial charge in [0.25, 0.3) is 30.4 Å². The Morgan fingerprint density at radius 3 is 2.15 bits per heavy atom. The van der Waals surface area contributed by atoms with E-state index < -0.39 is 52.3 Å². The van der Waals surface area contributed by atoms with E-state index in [4.69, 9.17) is 19.6 Å². The van der Waals surface area contributed by atoms with Gasteiger partial charge in [-0.2, -0.15) is 30.4 Å². The van der Waals surface area contributed by atoms with Gasteiger partial charge in [0.1, 0.15) is 21.6 Å². The summed E-state index contributed by atoms with van der Waals surface area (Å²) in [5.41, 5.74) is 7.06. The van der Waals surface area contributed by atoms with Crippen molar-refractivity contribution >= 4 is 53.1 Å². The number of nitrogen functional groups attached to an aromatic ring is 1. The predicted octanol–water partition coefficient (Wildman–Crippen LogP) is 3.06. The number of nitrogens with two attached hydrogens (primary N) is 1. The fraction of sp³-hybridized carbons (Fsp3) is 0.273. The van der Waals surface area contributed by atoms with Crippen LogP contribution in [-0.4, -0.2) is 62.6 Å². The molecule has 39 heavy (non-hydrogen) atoms. The minimum atomic E-state index is -4.74. The third kappa shape index (κ3) is 8.84. The Bertz CT molecular complexity index is 1640. The van der Waals surface area contributed by atoms with Crippen molar-refractivity contribution in [2.24, 2.45) is 10.2 Å². The van der Waals surface area contributed by atoms with Crippen molar-refractivity contribution in [2.75, 3.05) is 23.4 Å². The highest BCUT2D eigenvalue weighted by Gasteiger charge is 2.21. The van der Waals surface area contributed by atoms with Crippen LogP contribution in [0.25, 0.3) is 0 Å². The standard InChI is InChI=1S/C22H26N4O10S3/c1-14-11-18(23)21(36-9-2-10-37(27,28)29)13-20(14)26-25-19-8-5-16(12-22(19)39(33,34)35)24-15-3-6-17(7-4-15)38(30,31)32/h3-8,11-13,15,17,24H,2,9-10,23H2,1H3,(H,27,28,29)(H,30,31,32)(H,33,34,35). The molecule has 6 N–H and O–H groups in total. The zero-order chi connectivity index (χ0) is 29.0. The van der Waals surface area contributed by atoms with E-state index in [9.17, 15) is 29.8 Å². The van der Waals surface area contributed by atoms with Gasteiger partial charge in [-0.25, -0.2) is 0 Å². The molecular formula is C22H26N4O10S3. The van der Waals surface area contributed by atoms with E-state index in [1.54, 1.807) is 6.92 Å². The molecule has 0 spiro atoms. The molecule has 3 rings (SSSR count). The monoisotopic (exact) mass is 602 g/mol. The molecular weight excluding hydrogens is 576 g/mol. The van der Waals surface area contributed by atoms with Gasteiger partial charge in [-0.1, -0.05) is 24.3 Å². The molecule has 0 aliphatic heterocycles. The Kier molecular flexibility index (Phi) is 9.14. The number of ether oxygens (including phenoxy) is 1. The lowest BCUT2D eigenvalue weighted by molar-refractivity contribution is 0.318. The van der Waals surface area contributed by atoms with Crippen LogP contribution in [0.5, 0.6) is 5.75 Å². The van der Waals surface area contributed by atoms with Crippen LogP contribution >= 0.6 is 0 Å². The normalized spacial score (nSPS) is 17.9. The maximum atomic E-state index is 12.1. The van der Waals surface area contributed by atoms with Crippen LogP contribution in [0.15, 0.2) is 69.8 Å². The second-order valence-electron chi connectivity index (χ2n) is 8.44. The van der Waals surface area contributed by atoms with E-state index in [1.165, 1.54) is 48.6 Å².